The predicted molar refractivity (Wildman–Crippen MR) is 94.2 cm³/mol. The fourth-order valence-corrected chi connectivity index (χ4v) is 2.99. The monoisotopic (exact) mass is 337 g/mol. The van der Waals surface area contributed by atoms with E-state index in [-0.39, 0.29) is 30.5 Å². The van der Waals surface area contributed by atoms with Crippen molar-refractivity contribution in [2.75, 3.05) is 7.05 Å². The standard InChI is InChI=1S/C18H19N5O2/c1-4-5-11-6-12-13(10-21-16(12)20-9-11)14(24)7-18(2)8-15(25)23(3)17(19)22-18/h6,9-10H,7-8H2,1-3H3,(H2,19,22)(H,20,21). The molecule has 1 aliphatic heterocycles. The van der Waals surface area contributed by atoms with Crippen molar-refractivity contribution in [3.05, 3.63) is 29.6 Å². The highest BCUT2D eigenvalue weighted by molar-refractivity contribution is 6.08. The summed E-state index contributed by atoms with van der Waals surface area (Å²) >= 11 is 0. The molecule has 1 saturated heterocycles. The molecular formula is C18H19N5O2. The van der Waals surface area contributed by atoms with Gasteiger partial charge in [-0.15, -0.1) is 5.92 Å². The topological polar surface area (TPSA) is 102 Å². The number of amides is 1. The summed E-state index contributed by atoms with van der Waals surface area (Å²) in [4.78, 5) is 33.4. The van der Waals surface area contributed by atoms with E-state index in [0.717, 1.165) is 5.56 Å². The van der Waals surface area contributed by atoms with Crippen LogP contribution in [0.25, 0.3) is 11.0 Å². The molecule has 0 bridgehead atoms. The van der Waals surface area contributed by atoms with E-state index >= 15 is 0 Å². The van der Waals surface area contributed by atoms with Crippen LogP contribution in [0.5, 0.6) is 0 Å². The molecule has 25 heavy (non-hydrogen) atoms. The predicted octanol–water partition coefficient (Wildman–Crippen LogP) is 1.65. The van der Waals surface area contributed by atoms with E-state index in [9.17, 15) is 9.59 Å². The van der Waals surface area contributed by atoms with Gasteiger partial charge in [0.2, 0.25) is 5.91 Å². The Kier molecular flexibility index (Phi) is 4.05. The van der Waals surface area contributed by atoms with Crippen LogP contribution < -0.4 is 5.32 Å². The van der Waals surface area contributed by atoms with Gasteiger partial charge >= 0.3 is 0 Å². The van der Waals surface area contributed by atoms with Gasteiger partial charge in [0.15, 0.2) is 11.7 Å². The van der Waals surface area contributed by atoms with E-state index in [0.29, 0.717) is 16.6 Å². The van der Waals surface area contributed by atoms with E-state index in [1.54, 1.807) is 33.3 Å². The third kappa shape index (κ3) is 3.11. The molecule has 1 unspecified atom stereocenters. The van der Waals surface area contributed by atoms with Gasteiger partial charge in [0, 0.05) is 42.4 Å². The van der Waals surface area contributed by atoms with Crippen LogP contribution in [-0.4, -0.2) is 45.1 Å². The van der Waals surface area contributed by atoms with E-state index in [4.69, 9.17) is 5.41 Å². The Labute approximate surface area is 145 Å². The molecule has 0 aromatic carbocycles. The summed E-state index contributed by atoms with van der Waals surface area (Å²) in [6.07, 6.45) is 3.55. The smallest absolute Gasteiger partial charge is 0.231 e. The maximum absolute atomic E-state index is 12.8. The van der Waals surface area contributed by atoms with Gasteiger partial charge in [-0.2, -0.15) is 0 Å². The highest BCUT2D eigenvalue weighted by Gasteiger charge is 2.38. The lowest BCUT2D eigenvalue weighted by atomic mass is 9.87. The summed E-state index contributed by atoms with van der Waals surface area (Å²) in [6.45, 7) is 3.53. The van der Waals surface area contributed by atoms with Crippen LogP contribution >= 0.6 is 0 Å². The molecule has 0 spiro atoms. The zero-order chi connectivity index (χ0) is 18.2. The molecule has 1 atom stereocenters. The Hall–Kier alpha value is -3.14. The number of carbonyl (C=O) groups excluding carboxylic acids is 2. The number of pyridine rings is 1. The lowest BCUT2D eigenvalue weighted by Gasteiger charge is -2.38. The summed E-state index contributed by atoms with van der Waals surface area (Å²) in [5.41, 5.74) is 1.10. The van der Waals surface area contributed by atoms with E-state index in [2.05, 4.69) is 27.1 Å². The summed E-state index contributed by atoms with van der Waals surface area (Å²) in [6, 6.07) is 1.83. The average Bonchev–Trinajstić information content (AvgIpc) is 2.96. The molecule has 2 aromatic heterocycles. The number of nitrogens with zero attached hydrogens (tertiary/aromatic N) is 2. The Morgan fingerprint density at radius 1 is 1.52 bits per heavy atom. The number of aromatic nitrogens is 2. The third-order valence-corrected chi connectivity index (χ3v) is 4.32. The highest BCUT2D eigenvalue weighted by Crippen LogP contribution is 2.26. The zero-order valence-electron chi connectivity index (χ0n) is 14.4. The Bertz CT molecular complexity index is 929. The molecule has 128 valence electrons. The third-order valence-electron chi connectivity index (χ3n) is 4.32. The summed E-state index contributed by atoms with van der Waals surface area (Å²) in [5, 5.41) is 11.5. The van der Waals surface area contributed by atoms with Gasteiger partial charge in [0.25, 0.3) is 0 Å². The number of hydrogen-bond donors (Lipinski definition) is 3. The van der Waals surface area contributed by atoms with Gasteiger partial charge in [-0.3, -0.25) is 19.9 Å². The number of fused-ring (bicyclic) bond motifs is 1. The molecule has 3 N–H and O–H groups in total. The van der Waals surface area contributed by atoms with Crippen LogP contribution in [-0.2, 0) is 4.79 Å². The summed E-state index contributed by atoms with van der Waals surface area (Å²) in [5.74, 6) is 5.46. The number of ketones is 1. The fourth-order valence-electron chi connectivity index (χ4n) is 2.99. The first kappa shape index (κ1) is 16.7. The molecular weight excluding hydrogens is 318 g/mol. The van der Waals surface area contributed by atoms with Crippen molar-refractivity contribution in [3.63, 3.8) is 0 Å². The van der Waals surface area contributed by atoms with Gasteiger partial charge < -0.3 is 10.3 Å². The molecule has 0 radical (unpaired) electrons. The van der Waals surface area contributed by atoms with Crippen molar-refractivity contribution in [3.8, 4) is 11.8 Å². The van der Waals surface area contributed by atoms with E-state index < -0.39 is 5.54 Å². The van der Waals surface area contributed by atoms with Crippen LogP contribution in [0.1, 0.15) is 42.6 Å². The van der Waals surface area contributed by atoms with Crippen molar-refractivity contribution in [1.29, 1.82) is 5.41 Å². The number of aromatic amines is 1. The van der Waals surface area contributed by atoms with Gasteiger partial charge in [-0.05, 0) is 19.9 Å². The molecule has 7 nitrogen and oxygen atoms in total. The minimum Gasteiger partial charge on any atom is -0.350 e. The SMILES string of the molecule is CC#Cc1cnc2[nH]cc(C(=O)CC3(C)CC(=O)N(C)C(=N)N3)c2c1. The maximum Gasteiger partial charge on any atom is 0.231 e. The minimum absolute atomic E-state index is 0.00708. The molecule has 0 saturated carbocycles. The number of carbonyl (C=O) groups is 2. The van der Waals surface area contributed by atoms with E-state index in [1.807, 2.05) is 6.07 Å². The Balaban J connectivity index is 1.89. The molecule has 2 aromatic rings. The molecule has 1 amide bonds. The zero-order valence-corrected chi connectivity index (χ0v) is 14.4. The largest absolute Gasteiger partial charge is 0.350 e. The highest BCUT2D eigenvalue weighted by atomic mass is 16.2. The van der Waals surface area contributed by atoms with Crippen molar-refractivity contribution in [2.45, 2.75) is 32.2 Å². The quantitative estimate of drug-likeness (QED) is 0.585. The summed E-state index contributed by atoms with van der Waals surface area (Å²) < 4.78 is 0. The minimum atomic E-state index is -0.782. The normalized spacial score (nSPS) is 20.2. The lowest BCUT2D eigenvalue weighted by molar-refractivity contribution is -0.129. The molecule has 7 heteroatoms. The van der Waals surface area contributed by atoms with Crippen LogP contribution in [0.15, 0.2) is 18.5 Å². The lowest BCUT2D eigenvalue weighted by Crippen LogP contribution is -2.60. The average molecular weight is 337 g/mol. The number of hydrogen-bond acceptors (Lipinski definition) is 4. The number of H-pyrrole nitrogens is 1. The van der Waals surface area contributed by atoms with Gasteiger partial charge in [0.05, 0.1) is 12.0 Å². The van der Waals surface area contributed by atoms with Crippen LogP contribution in [0, 0.1) is 17.3 Å². The molecule has 1 aliphatic rings. The van der Waals surface area contributed by atoms with Gasteiger partial charge in [-0.1, -0.05) is 5.92 Å². The number of guanidine groups is 1. The maximum atomic E-state index is 12.8. The van der Waals surface area contributed by atoms with Crippen molar-refractivity contribution in [1.82, 2.24) is 20.2 Å². The number of nitrogens with one attached hydrogen (secondary N) is 3. The van der Waals surface area contributed by atoms with Crippen LogP contribution in [0.3, 0.4) is 0 Å². The first-order valence-electron chi connectivity index (χ1n) is 7.89. The van der Waals surface area contributed by atoms with Crippen LogP contribution in [0.2, 0.25) is 0 Å². The molecule has 3 rings (SSSR count). The molecule has 1 fully saturated rings. The van der Waals surface area contributed by atoms with Crippen molar-refractivity contribution in [2.24, 2.45) is 0 Å². The fraction of sp³-hybridized carbons (Fsp3) is 0.333. The molecule has 3 heterocycles. The van der Waals surface area contributed by atoms with Crippen LogP contribution in [0.4, 0.5) is 0 Å². The summed E-state index contributed by atoms with van der Waals surface area (Å²) in [7, 11) is 1.54. The number of rotatable bonds is 3. The first-order chi connectivity index (χ1) is 11.8. The molecule has 0 aliphatic carbocycles. The second-order valence-electron chi connectivity index (χ2n) is 6.46. The van der Waals surface area contributed by atoms with Gasteiger partial charge in [-0.25, -0.2) is 4.98 Å². The first-order valence-corrected chi connectivity index (χ1v) is 7.89. The van der Waals surface area contributed by atoms with Crippen molar-refractivity contribution < 1.29 is 9.59 Å². The van der Waals surface area contributed by atoms with Gasteiger partial charge in [0.1, 0.15) is 5.65 Å². The van der Waals surface area contributed by atoms with E-state index in [1.165, 1.54) is 4.90 Å². The second-order valence-corrected chi connectivity index (χ2v) is 6.46. The Morgan fingerprint density at radius 2 is 2.28 bits per heavy atom. The second kappa shape index (κ2) is 6.06. The Morgan fingerprint density at radius 3 is 2.96 bits per heavy atom. The van der Waals surface area contributed by atoms with Crippen molar-refractivity contribution >= 4 is 28.7 Å². The number of Topliss-reactive ketones (excluding diaryl/α,β-unsaturated/α-hetero) is 1.